The van der Waals surface area contributed by atoms with Crippen molar-refractivity contribution in [1.29, 1.82) is 0 Å². The van der Waals surface area contributed by atoms with E-state index in [0.717, 1.165) is 22.6 Å². The van der Waals surface area contributed by atoms with Gasteiger partial charge in [0.2, 0.25) is 5.91 Å². The number of rotatable bonds is 7. The Morgan fingerprint density at radius 2 is 1.93 bits per heavy atom. The maximum atomic E-state index is 12.9. The lowest BCUT2D eigenvalue weighted by Gasteiger charge is -2.24. The number of hydrogen-bond acceptors (Lipinski definition) is 5. The maximum Gasteiger partial charge on any atom is 0.225 e. The molecule has 0 saturated carbocycles. The van der Waals surface area contributed by atoms with Gasteiger partial charge in [0.05, 0.1) is 18.5 Å². The number of amides is 1. The van der Waals surface area contributed by atoms with Crippen LogP contribution < -0.4 is 14.8 Å². The number of nitrogens with one attached hydrogen (secondary N) is 1. The van der Waals surface area contributed by atoms with Gasteiger partial charge in [0.1, 0.15) is 25.9 Å². The molecule has 2 aromatic carbocycles. The quantitative estimate of drug-likeness (QED) is 0.669. The molecule has 7 nitrogen and oxygen atoms in total. The predicted octanol–water partition coefficient (Wildman–Crippen LogP) is 2.79. The summed E-state index contributed by atoms with van der Waals surface area (Å²) in [4.78, 5) is 16.8. The van der Waals surface area contributed by atoms with Crippen LogP contribution in [0.2, 0.25) is 0 Å². The molecule has 0 radical (unpaired) electrons. The maximum absolute atomic E-state index is 12.9. The van der Waals surface area contributed by atoms with E-state index in [4.69, 9.17) is 9.47 Å². The van der Waals surface area contributed by atoms with Crippen LogP contribution in [0.25, 0.3) is 0 Å². The molecule has 4 rings (SSSR count). The van der Waals surface area contributed by atoms with E-state index >= 15 is 0 Å². The first-order chi connectivity index (χ1) is 14.2. The highest BCUT2D eigenvalue weighted by Gasteiger charge is 2.22. The largest absolute Gasteiger partial charge is 0.486 e. The minimum absolute atomic E-state index is 0.0312. The van der Waals surface area contributed by atoms with Crippen molar-refractivity contribution in [1.82, 2.24) is 20.1 Å². The second-order valence-corrected chi connectivity index (χ2v) is 7.17. The molecule has 2 heterocycles. The van der Waals surface area contributed by atoms with Crippen LogP contribution in [-0.2, 0) is 17.8 Å². The van der Waals surface area contributed by atoms with Crippen LogP contribution in [0.1, 0.15) is 24.1 Å². The highest BCUT2D eigenvalue weighted by molar-refractivity contribution is 5.78. The van der Waals surface area contributed by atoms with Crippen molar-refractivity contribution < 1.29 is 14.3 Å². The second-order valence-electron chi connectivity index (χ2n) is 7.17. The van der Waals surface area contributed by atoms with E-state index in [-0.39, 0.29) is 17.9 Å². The van der Waals surface area contributed by atoms with Crippen molar-refractivity contribution in [3.8, 4) is 11.5 Å². The average molecular weight is 392 g/mol. The van der Waals surface area contributed by atoms with Gasteiger partial charge in [-0.25, -0.2) is 4.98 Å². The molecule has 7 heteroatoms. The van der Waals surface area contributed by atoms with E-state index in [0.29, 0.717) is 26.2 Å². The Bertz CT molecular complexity index is 944. The van der Waals surface area contributed by atoms with E-state index in [1.165, 1.54) is 6.33 Å². The van der Waals surface area contributed by atoms with Gasteiger partial charge in [-0.15, -0.1) is 0 Å². The third-order valence-corrected chi connectivity index (χ3v) is 4.94. The average Bonchev–Trinajstić information content (AvgIpc) is 3.26. The Hall–Kier alpha value is -3.35. The molecule has 0 unspecified atom stereocenters. The van der Waals surface area contributed by atoms with Crippen LogP contribution in [0.4, 0.5) is 0 Å². The van der Waals surface area contributed by atoms with Gasteiger partial charge in [-0.3, -0.25) is 9.48 Å². The summed E-state index contributed by atoms with van der Waals surface area (Å²) in [5.41, 5.74) is 2.14. The Balaban J connectivity index is 1.54. The van der Waals surface area contributed by atoms with Crippen LogP contribution in [0.3, 0.4) is 0 Å². The summed E-state index contributed by atoms with van der Waals surface area (Å²) in [5, 5.41) is 7.29. The van der Waals surface area contributed by atoms with Crippen molar-refractivity contribution in [2.45, 2.75) is 25.9 Å². The molecule has 0 fully saturated rings. The highest BCUT2D eigenvalue weighted by atomic mass is 16.6. The minimum Gasteiger partial charge on any atom is -0.486 e. The smallest absolute Gasteiger partial charge is 0.225 e. The molecule has 29 heavy (non-hydrogen) atoms. The van der Waals surface area contributed by atoms with Gasteiger partial charge < -0.3 is 14.8 Å². The topological polar surface area (TPSA) is 78.3 Å². The molecule has 0 saturated heterocycles. The molecule has 1 aromatic heterocycles. The van der Waals surface area contributed by atoms with E-state index in [2.05, 4.69) is 27.5 Å². The zero-order valence-electron chi connectivity index (χ0n) is 16.3. The summed E-state index contributed by atoms with van der Waals surface area (Å²) >= 11 is 0. The Labute approximate surface area is 169 Å². The highest BCUT2D eigenvalue weighted by Crippen LogP contribution is 2.33. The van der Waals surface area contributed by atoms with Gasteiger partial charge in [-0.1, -0.05) is 43.3 Å². The fraction of sp³-hybridized carbons (Fsp3) is 0.318. The first kappa shape index (κ1) is 19.0. The van der Waals surface area contributed by atoms with E-state index in [1.54, 1.807) is 11.0 Å². The zero-order valence-corrected chi connectivity index (χ0v) is 16.3. The first-order valence-corrected chi connectivity index (χ1v) is 9.75. The van der Waals surface area contributed by atoms with Gasteiger partial charge in [0.25, 0.3) is 0 Å². The van der Waals surface area contributed by atoms with E-state index < -0.39 is 0 Å². The molecule has 1 aliphatic rings. The van der Waals surface area contributed by atoms with Crippen molar-refractivity contribution in [2.24, 2.45) is 5.92 Å². The van der Waals surface area contributed by atoms with Crippen LogP contribution >= 0.6 is 0 Å². The number of hydrogen-bond donors (Lipinski definition) is 1. The molecule has 1 aliphatic heterocycles. The first-order valence-electron chi connectivity index (χ1n) is 9.75. The van der Waals surface area contributed by atoms with Crippen LogP contribution in [0.5, 0.6) is 11.5 Å². The number of aromatic nitrogens is 3. The standard InChI is InChI=1S/C22H24N4O3/c1-16(13-26-15-23-14-24-26)22(27)25-19(11-17-5-3-2-4-6-17)18-7-8-20-21(12-18)29-10-9-28-20/h2-8,12,14-16,19H,9-11,13H2,1H3,(H,25,27)/t16-,19-/m1/s1. The number of ether oxygens (including phenoxy) is 2. The summed E-state index contributed by atoms with van der Waals surface area (Å²) in [6, 6.07) is 15.8. The monoisotopic (exact) mass is 392 g/mol. The fourth-order valence-corrected chi connectivity index (χ4v) is 3.38. The number of carbonyl (C=O) groups excluding carboxylic acids is 1. The molecular formula is C22H24N4O3. The second kappa shape index (κ2) is 8.77. The Morgan fingerprint density at radius 3 is 2.69 bits per heavy atom. The van der Waals surface area contributed by atoms with Crippen molar-refractivity contribution in [3.63, 3.8) is 0 Å². The number of fused-ring (bicyclic) bond motifs is 1. The lowest BCUT2D eigenvalue weighted by atomic mass is 9.97. The Kier molecular flexibility index (Phi) is 5.74. The van der Waals surface area contributed by atoms with Crippen molar-refractivity contribution in [2.75, 3.05) is 13.2 Å². The summed E-state index contributed by atoms with van der Waals surface area (Å²) in [6.45, 7) is 3.45. The molecule has 2 atom stereocenters. The van der Waals surface area contributed by atoms with Crippen LogP contribution in [0, 0.1) is 5.92 Å². The van der Waals surface area contributed by atoms with Gasteiger partial charge in [-0.2, -0.15) is 5.10 Å². The fourth-order valence-electron chi connectivity index (χ4n) is 3.38. The van der Waals surface area contributed by atoms with Gasteiger partial charge >= 0.3 is 0 Å². The normalized spacial score (nSPS) is 14.8. The lowest BCUT2D eigenvalue weighted by molar-refractivity contribution is -0.125. The minimum atomic E-state index is -0.243. The Morgan fingerprint density at radius 1 is 1.14 bits per heavy atom. The lowest BCUT2D eigenvalue weighted by Crippen LogP contribution is -2.35. The zero-order chi connectivity index (χ0) is 20.1. The van der Waals surface area contributed by atoms with Gasteiger partial charge in [-0.05, 0) is 29.7 Å². The van der Waals surface area contributed by atoms with Gasteiger partial charge in [0.15, 0.2) is 11.5 Å². The van der Waals surface area contributed by atoms with E-state index in [9.17, 15) is 4.79 Å². The molecular weight excluding hydrogens is 368 g/mol. The molecule has 0 spiro atoms. The number of nitrogens with zero attached hydrogens (tertiary/aromatic N) is 3. The molecule has 1 amide bonds. The SMILES string of the molecule is C[C@H](Cn1cncn1)C(=O)N[C@H](Cc1ccccc1)c1ccc2c(c1)OCCO2. The molecule has 1 N–H and O–H groups in total. The third-order valence-electron chi connectivity index (χ3n) is 4.94. The summed E-state index contributed by atoms with van der Waals surface area (Å²) < 4.78 is 13.0. The predicted molar refractivity (Wildman–Crippen MR) is 108 cm³/mol. The third kappa shape index (κ3) is 4.74. The number of benzene rings is 2. The van der Waals surface area contributed by atoms with Crippen molar-refractivity contribution >= 4 is 5.91 Å². The van der Waals surface area contributed by atoms with Gasteiger partial charge in [0, 0.05) is 0 Å². The van der Waals surface area contributed by atoms with Crippen LogP contribution in [0.15, 0.2) is 61.2 Å². The van der Waals surface area contributed by atoms with E-state index in [1.807, 2.05) is 43.3 Å². The molecule has 0 bridgehead atoms. The molecule has 3 aromatic rings. The summed E-state index contributed by atoms with van der Waals surface area (Å²) in [7, 11) is 0. The molecule has 150 valence electrons. The number of carbonyl (C=O) groups is 1. The summed E-state index contributed by atoms with van der Waals surface area (Å²) in [6.07, 6.45) is 3.77. The van der Waals surface area contributed by atoms with Crippen LogP contribution in [-0.4, -0.2) is 33.9 Å². The van der Waals surface area contributed by atoms with Crippen molar-refractivity contribution in [3.05, 3.63) is 72.3 Å². The molecule has 0 aliphatic carbocycles. The summed E-state index contributed by atoms with van der Waals surface area (Å²) in [5.74, 6) is 1.18.